The van der Waals surface area contributed by atoms with Gasteiger partial charge in [-0.1, -0.05) is 17.7 Å². The van der Waals surface area contributed by atoms with Crippen molar-refractivity contribution in [1.82, 2.24) is 4.98 Å². The Balaban J connectivity index is 0.00000288. The average Bonchev–Trinajstić information content (AvgIpc) is 2.47. The van der Waals surface area contributed by atoms with Crippen molar-refractivity contribution in [2.24, 2.45) is 10.7 Å². The van der Waals surface area contributed by atoms with Gasteiger partial charge >= 0.3 is 6.36 Å². The highest BCUT2D eigenvalue weighted by Crippen LogP contribution is 2.23. The Kier molecular flexibility index (Phi) is 7.55. The first-order valence-electron chi connectivity index (χ1n) is 6.35. The van der Waals surface area contributed by atoms with Gasteiger partial charge in [0.05, 0.1) is 6.54 Å². The number of aromatic nitrogens is 1. The molecule has 1 heterocycles. The number of pyridine rings is 1. The monoisotopic (exact) mass is 472 g/mol. The van der Waals surface area contributed by atoms with Crippen molar-refractivity contribution < 1.29 is 17.9 Å². The van der Waals surface area contributed by atoms with Gasteiger partial charge in [0.2, 0.25) is 0 Å². The summed E-state index contributed by atoms with van der Waals surface area (Å²) in [6, 6.07) is 8.53. The molecule has 3 N–H and O–H groups in total. The van der Waals surface area contributed by atoms with Crippen molar-refractivity contribution >= 4 is 47.2 Å². The second kappa shape index (κ2) is 8.92. The molecule has 0 unspecified atom stereocenters. The Hall–Kier alpha value is -1.75. The van der Waals surface area contributed by atoms with E-state index in [2.05, 4.69) is 20.0 Å². The van der Waals surface area contributed by atoms with Crippen LogP contribution in [0.1, 0.15) is 5.56 Å². The summed E-state index contributed by atoms with van der Waals surface area (Å²) in [5, 5.41) is 3.14. The highest BCUT2D eigenvalue weighted by molar-refractivity contribution is 14.0. The van der Waals surface area contributed by atoms with Crippen LogP contribution in [0.5, 0.6) is 5.75 Å². The molecule has 0 aliphatic rings. The fourth-order valence-corrected chi connectivity index (χ4v) is 1.72. The molecule has 0 saturated carbocycles. The Morgan fingerprint density at radius 1 is 1.21 bits per heavy atom. The van der Waals surface area contributed by atoms with Gasteiger partial charge in [-0.15, -0.1) is 37.1 Å². The molecule has 130 valence electrons. The lowest BCUT2D eigenvalue weighted by molar-refractivity contribution is -0.274. The predicted molar refractivity (Wildman–Crippen MR) is 96.7 cm³/mol. The van der Waals surface area contributed by atoms with Crippen LogP contribution in [0.25, 0.3) is 0 Å². The molecular formula is C14H13ClF3IN4O. The van der Waals surface area contributed by atoms with Crippen molar-refractivity contribution in [2.75, 3.05) is 5.32 Å². The summed E-state index contributed by atoms with van der Waals surface area (Å²) >= 11 is 5.67. The number of hydrogen-bond acceptors (Lipinski definition) is 3. The quantitative estimate of drug-likeness (QED) is 0.303. The normalized spacial score (nSPS) is 11.6. The molecule has 2 aromatic rings. The largest absolute Gasteiger partial charge is 0.573 e. The second-order valence-corrected chi connectivity index (χ2v) is 4.78. The molecule has 0 radical (unpaired) electrons. The number of nitrogens with two attached hydrogens (primary N) is 1. The first-order valence-corrected chi connectivity index (χ1v) is 6.73. The molecular weight excluding hydrogens is 460 g/mol. The maximum absolute atomic E-state index is 12.0. The van der Waals surface area contributed by atoms with E-state index in [-0.39, 0.29) is 42.2 Å². The number of rotatable bonds is 4. The third kappa shape index (κ3) is 7.21. The van der Waals surface area contributed by atoms with Crippen molar-refractivity contribution in [3.05, 3.63) is 53.3 Å². The van der Waals surface area contributed by atoms with E-state index in [1.54, 1.807) is 18.3 Å². The van der Waals surface area contributed by atoms with Crippen LogP contribution in [0.4, 0.5) is 18.9 Å². The minimum absolute atomic E-state index is 0. The zero-order valence-corrected chi connectivity index (χ0v) is 15.1. The minimum atomic E-state index is -4.72. The summed E-state index contributed by atoms with van der Waals surface area (Å²) in [5.74, 6) is -0.199. The van der Waals surface area contributed by atoms with Gasteiger partial charge in [0.25, 0.3) is 0 Å². The topological polar surface area (TPSA) is 72.5 Å². The number of ether oxygens (including phenoxy) is 1. The van der Waals surface area contributed by atoms with E-state index in [9.17, 15) is 13.2 Å². The van der Waals surface area contributed by atoms with Crippen molar-refractivity contribution in [1.29, 1.82) is 0 Å². The van der Waals surface area contributed by atoms with Crippen LogP contribution in [-0.4, -0.2) is 17.3 Å². The van der Waals surface area contributed by atoms with Crippen molar-refractivity contribution in [3.63, 3.8) is 0 Å². The number of nitrogens with one attached hydrogen (secondary N) is 1. The molecule has 0 amide bonds. The number of aliphatic imine (C=N–C) groups is 1. The van der Waals surface area contributed by atoms with Gasteiger partial charge in [-0.25, -0.2) is 9.98 Å². The molecule has 10 heteroatoms. The highest BCUT2D eigenvalue weighted by atomic mass is 127. The van der Waals surface area contributed by atoms with Crippen LogP contribution in [0, 0.1) is 0 Å². The summed E-state index contributed by atoms with van der Waals surface area (Å²) in [4.78, 5) is 8.00. The lowest BCUT2D eigenvalue weighted by Crippen LogP contribution is -2.22. The van der Waals surface area contributed by atoms with Crippen LogP contribution < -0.4 is 15.8 Å². The molecule has 1 aromatic heterocycles. The standard InChI is InChI=1S/C14H12ClF3N4O.HI/c15-12-6-1-9(7-20-12)8-21-13(19)22-10-2-4-11(5-3-10)23-14(16,17)18;/h1-7H,8H2,(H3,19,21,22);1H. The van der Waals surface area contributed by atoms with Crippen molar-refractivity contribution in [2.45, 2.75) is 12.9 Å². The Labute approximate surface area is 158 Å². The van der Waals surface area contributed by atoms with Crippen LogP contribution in [0.15, 0.2) is 47.6 Å². The summed E-state index contributed by atoms with van der Waals surface area (Å²) in [5.41, 5.74) is 7.00. The molecule has 0 aliphatic heterocycles. The number of guanidine groups is 1. The van der Waals surface area contributed by atoms with Gasteiger partial charge in [-0.05, 0) is 35.9 Å². The smallest absolute Gasteiger partial charge is 0.406 e. The fourth-order valence-electron chi connectivity index (χ4n) is 1.60. The van der Waals surface area contributed by atoms with Crippen molar-refractivity contribution in [3.8, 4) is 5.75 Å². The van der Waals surface area contributed by atoms with Gasteiger partial charge in [0.15, 0.2) is 5.96 Å². The SMILES string of the molecule is I.NC(=NCc1ccc(Cl)nc1)Nc1ccc(OC(F)(F)F)cc1. The average molecular weight is 473 g/mol. The molecule has 0 atom stereocenters. The van der Waals surface area contributed by atoms with Gasteiger partial charge in [0, 0.05) is 11.9 Å². The van der Waals surface area contributed by atoms with Crippen LogP contribution in [-0.2, 0) is 6.54 Å². The Bertz CT molecular complexity index is 678. The number of anilines is 1. The van der Waals surface area contributed by atoms with E-state index < -0.39 is 6.36 Å². The van der Waals surface area contributed by atoms with Gasteiger partial charge in [0.1, 0.15) is 10.9 Å². The summed E-state index contributed by atoms with van der Waals surface area (Å²) in [6.45, 7) is 0.290. The Morgan fingerprint density at radius 3 is 2.42 bits per heavy atom. The van der Waals surface area contributed by atoms with E-state index in [0.29, 0.717) is 10.8 Å². The first-order chi connectivity index (χ1) is 10.8. The molecule has 1 aromatic carbocycles. The molecule has 5 nitrogen and oxygen atoms in total. The van der Waals surface area contributed by atoms with E-state index >= 15 is 0 Å². The number of hydrogen-bond donors (Lipinski definition) is 2. The molecule has 0 bridgehead atoms. The lowest BCUT2D eigenvalue weighted by Gasteiger charge is -2.10. The highest BCUT2D eigenvalue weighted by Gasteiger charge is 2.30. The molecule has 0 spiro atoms. The zero-order valence-electron chi connectivity index (χ0n) is 12.0. The minimum Gasteiger partial charge on any atom is -0.406 e. The fraction of sp³-hybridized carbons (Fsp3) is 0.143. The van der Waals surface area contributed by atoms with E-state index in [1.165, 1.54) is 24.3 Å². The molecule has 0 fully saturated rings. The first kappa shape index (κ1) is 20.3. The number of benzene rings is 1. The summed E-state index contributed by atoms with van der Waals surface area (Å²) in [7, 11) is 0. The molecule has 2 rings (SSSR count). The lowest BCUT2D eigenvalue weighted by atomic mass is 10.3. The van der Waals surface area contributed by atoms with Gasteiger partial charge in [-0.2, -0.15) is 0 Å². The molecule has 0 aliphatic carbocycles. The van der Waals surface area contributed by atoms with E-state index in [4.69, 9.17) is 17.3 Å². The number of halogens is 5. The van der Waals surface area contributed by atoms with Gasteiger partial charge < -0.3 is 15.8 Å². The van der Waals surface area contributed by atoms with E-state index in [0.717, 1.165) is 5.56 Å². The second-order valence-electron chi connectivity index (χ2n) is 4.39. The zero-order chi connectivity index (χ0) is 16.9. The maximum Gasteiger partial charge on any atom is 0.573 e. The van der Waals surface area contributed by atoms with Crippen LogP contribution in [0.3, 0.4) is 0 Å². The Morgan fingerprint density at radius 2 is 1.88 bits per heavy atom. The molecule has 0 saturated heterocycles. The number of nitrogens with zero attached hydrogens (tertiary/aromatic N) is 2. The third-order valence-corrected chi connectivity index (χ3v) is 2.80. The summed E-state index contributed by atoms with van der Waals surface area (Å²) in [6.07, 6.45) is -3.15. The molecule has 24 heavy (non-hydrogen) atoms. The predicted octanol–water partition coefficient (Wildman–Crippen LogP) is 4.18. The van der Waals surface area contributed by atoms with Crippen LogP contribution >= 0.6 is 35.6 Å². The summed E-state index contributed by atoms with van der Waals surface area (Å²) < 4.78 is 39.9. The number of alkyl halides is 3. The van der Waals surface area contributed by atoms with Crippen LogP contribution in [0.2, 0.25) is 5.15 Å². The maximum atomic E-state index is 12.0. The third-order valence-electron chi connectivity index (χ3n) is 2.58. The van der Waals surface area contributed by atoms with E-state index in [1.807, 2.05) is 0 Å². The van der Waals surface area contributed by atoms with Gasteiger partial charge in [-0.3, -0.25) is 0 Å².